The molecule has 1 heterocycles. The number of hydrogen-bond acceptors (Lipinski definition) is 6. The molecule has 352 valence electrons. The minimum Gasteiger partial charge on any atom is -0.506 e. The molecule has 0 radical (unpaired) electrons. The standard InChI is InChI=1S/C56H88N2O4S/c1-4-7-10-13-16-19-22-23-26-29-32-35-53(60)57-52-46-48(59)38-36-47(52)37-41-50-55(61)51(56(50)62)42-39-49-40-43-54(63-49)58(44-33-30-27-24-20-17-14-11-8-5-2)45-34-31-28-25-21-18-15-12-9-6-3/h36-43,46,61H,4-35,44-45H2,1-3H3,(H,57,60)/b42-39+,47-37-,50-41+. The highest BCUT2D eigenvalue weighted by Gasteiger charge is 2.31. The lowest BCUT2D eigenvalue weighted by Crippen LogP contribution is -2.25. The van der Waals surface area contributed by atoms with Crippen molar-refractivity contribution in [3.63, 3.8) is 0 Å². The predicted molar refractivity (Wildman–Crippen MR) is 272 cm³/mol. The summed E-state index contributed by atoms with van der Waals surface area (Å²) in [5.74, 6) is -0.568. The average Bonchev–Trinajstić information content (AvgIpc) is 3.75. The summed E-state index contributed by atoms with van der Waals surface area (Å²) < 4.78 is 0. The number of nitrogens with zero attached hydrogens (tertiary/aromatic N) is 1. The van der Waals surface area contributed by atoms with Crippen LogP contribution in [0.1, 0.15) is 231 Å². The number of unbranched alkanes of at least 4 members (excludes halogenated alkanes) is 28. The summed E-state index contributed by atoms with van der Waals surface area (Å²) in [7, 11) is 0. The Morgan fingerprint density at radius 2 is 1.05 bits per heavy atom. The number of anilines is 1. The molecule has 7 heteroatoms. The fourth-order valence-corrected chi connectivity index (χ4v) is 9.52. The van der Waals surface area contributed by atoms with Crippen molar-refractivity contribution in [2.75, 3.05) is 18.0 Å². The Kier molecular flexibility index (Phi) is 29.8. The highest BCUT2D eigenvalue weighted by atomic mass is 32.1. The second-order valence-electron chi connectivity index (χ2n) is 18.3. The second-order valence-corrected chi connectivity index (χ2v) is 19.4. The van der Waals surface area contributed by atoms with Gasteiger partial charge >= 0.3 is 0 Å². The van der Waals surface area contributed by atoms with Crippen LogP contribution in [-0.2, 0) is 14.4 Å². The molecule has 1 aromatic heterocycles. The number of carbonyl (C=O) groups excluding carboxylic acids is 3. The Morgan fingerprint density at radius 3 is 1.52 bits per heavy atom. The van der Waals surface area contributed by atoms with Crippen LogP contribution in [-0.4, -0.2) is 35.7 Å². The molecule has 3 rings (SSSR count). The van der Waals surface area contributed by atoms with Crippen LogP contribution in [0, 0.1) is 0 Å². The third-order valence-electron chi connectivity index (χ3n) is 12.6. The Hall–Kier alpha value is -3.45. The summed E-state index contributed by atoms with van der Waals surface area (Å²) in [6.45, 7) is 8.96. The lowest BCUT2D eigenvalue weighted by Gasteiger charge is -2.23. The summed E-state index contributed by atoms with van der Waals surface area (Å²) in [6, 6.07) is 4.34. The second kappa shape index (κ2) is 34.9. The molecule has 2 aliphatic rings. The lowest BCUT2D eigenvalue weighted by atomic mass is 9.87. The molecular weight excluding hydrogens is 797 g/mol. The fourth-order valence-electron chi connectivity index (χ4n) is 8.56. The Bertz CT molecular complexity index is 1620. The summed E-state index contributed by atoms with van der Waals surface area (Å²) in [6.07, 6.45) is 52.0. The summed E-state index contributed by atoms with van der Waals surface area (Å²) in [5.41, 5.74) is 1.56. The highest BCUT2D eigenvalue weighted by Crippen LogP contribution is 2.33. The molecule has 0 fully saturated rings. The first kappa shape index (κ1) is 53.9. The van der Waals surface area contributed by atoms with Crippen molar-refractivity contribution < 1.29 is 19.5 Å². The maximum Gasteiger partial charge on any atom is 0.224 e. The van der Waals surface area contributed by atoms with E-state index >= 15 is 0 Å². The van der Waals surface area contributed by atoms with E-state index in [1.165, 1.54) is 197 Å². The van der Waals surface area contributed by atoms with Crippen molar-refractivity contribution in [1.29, 1.82) is 0 Å². The molecule has 6 nitrogen and oxygen atoms in total. The SMILES string of the molecule is CCCCCCCCCCCCCC(=O)NC1=CC(=O)C=C/C1=C/C=C1/C(=O)C(/C=C/c2ccc(N(CCCCCCCCCCCC)CCCCCCCCCCCC)s2)=C1O. The van der Waals surface area contributed by atoms with Crippen LogP contribution in [0.2, 0.25) is 0 Å². The van der Waals surface area contributed by atoms with Crippen LogP contribution in [0.15, 0.2) is 76.8 Å². The number of carbonyl (C=O) groups is 3. The number of nitrogens with one attached hydrogen (secondary N) is 1. The number of ketones is 2. The van der Waals surface area contributed by atoms with E-state index in [4.69, 9.17) is 0 Å². The molecule has 0 aromatic carbocycles. The Balaban J connectivity index is 1.50. The number of aliphatic hydroxyl groups is 1. The number of rotatable bonds is 39. The zero-order chi connectivity index (χ0) is 45.2. The van der Waals surface area contributed by atoms with Crippen molar-refractivity contribution in [3.05, 3.63) is 81.6 Å². The first-order valence-corrected chi connectivity index (χ1v) is 26.9. The molecule has 0 spiro atoms. The molecule has 2 aliphatic carbocycles. The highest BCUT2D eigenvalue weighted by molar-refractivity contribution is 7.16. The van der Waals surface area contributed by atoms with Gasteiger partial charge in [-0.25, -0.2) is 0 Å². The van der Waals surface area contributed by atoms with Crippen molar-refractivity contribution in [1.82, 2.24) is 5.32 Å². The molecule has 1 amide bonds. The largest absolute Gasteiger partial charge is 0.506 e. The lowest BCUT2D eigenvalue weighted by molar-refractivity contribution is -0.120. The number of amides is 1. The van der Waals surface area contributed by atoms with Crippen LogP contribution in [0.3, 0.4) is 0 Å². The van der Waals surface area contributed by atoms with E-state index in [0.717, 1.165) is 37.2 Å². The molecule has 0 saturated heterocycles. The third-order valence-corrected chi connectivity index (χ3v) is 13.7. The van der Waals surface area contributed by atoms with E-state index in [9.17, 15) is 19.5 Å². The quantitative estimate of drug-likeness (QED) is 0.0508. The summed E-state index contributed by atoms with van der Waals surface area (Å²) >= 11 is 1.75. The Labute approximate surface area is 388 Å². The van der Waals surface area contributed by atoms with Gasteiger partial charge in [0.25, 0.3) is 0 Å². The Morgan fingerprint density at radius 1 is 0.587 bits per heavy atom. The number of allylic oxidation sites excluding steroid dienone is 8. The van der Waals surface area contributed by atoms with Gasteiger partial charge in [0.2, 0.25) is 11.7 Å². The maximum atomic E-state index is 13.2. The predicted octanol–water partition coefficient (Wildman–Crippen LogP) is 16.5. The van der Waals surface area contributed by atoms with Crippen LogP contribution < -0.4 is 10.2 Å². The van der Waals surface area contributed by atoms with E-state index in [2.05, 4.69) is 43.1 Å². The summed E-state index contributed by atoms with van der Waals surface area (Å²) in [5, 5.41) is 15.1. The van der Waals surface area contributed by atoms with E-state index in [1.807, 2.05) is 6.08 Å². The maximum absolute atomic E-state index is 13.2. The number of hydrogen-bond donors (Lipinski definition) is 2. The van der Waals surface area contributed by atoms with Crippen molar-refractivity contribution in [3.8, 4) is 0 Å². The zero-order valence-electron chi connectivity index (χ0n) is 40.3. The molecule has 1 aromatic rings. The molecule has 0 bridgehead atoms. The molecule has 0 aliphatic heterocycles. The van der Waals surface area contributed by atoms with E-state index in [-0.39, 0.29) is 28.8 Å². The van der Waals surface area contributed by atoms with E-state index in [0.29, 0.717) is 23.3 Å². The van der Waals surface area contributed by atoms with Crippen molar-refractivity contribution in [2.24, 2.45) is 0 Å². The minimum atomic E-state index is -0.220. The van der Waals surface area contributed by atoms with Gasteiger partial charge in [-0.2, -0.15) is 0 Å². The normalized spacial score (nSPS) is 15.3. The van der Waals surface area contributed by atoms with Gasteiger partial charge in [-0.05, 0) is 67.3 Å². The van der Waals surface area contributed by atoms with Crippen LogP contribution in [0.4, 0.5) is 5.00 Å². The van der Waals surface area contributed by atoms with Gasteiger partial charge in [0.05, 0.1) is 21.8 Å². The van der Waals surface area contributed by atoms with Gasteiger partial charge in [-0.1, -0.05) is 207 Å². The fraction of sp³-hybridized carbons (Fsp3) is 0.661. The van der Waals surface area contributed by atoms with Gasteiger partial charge in [0.1, 0.15) is 5.76 Å². The summed E-state index contributed by atoms with van der Waals surface area (Å²) in [4.78, 5) is 41.9. The van der Waals surface area contributed by atoms with Gasteiger partial charge < -0.3 is 15.3 Å². The van der Waals surface area contributed by atoms with E-state index < -0.39 is 0 Å². The van der Waals surface area contributed by atoms with Crippen LogP contribution >= 0.6 is 11.3 Å². The van der Waals surface area contributed by atoms with Crippen LogP contribution in [0.25, 0.3) is 6.08 Å². The smallest absolute Gasteiger partial charge is 0.224 e. The zero-order valence-corrected chi connectivity index (χ0v) is 41.1. The minimum absolute atomic E-state index is 0.0321. The first-order valence-electron chi connectivity index (χ1n) is 26.0. The molecule has 0 atom stereocenters. The molecule has 2 N–H and O–H groups in total. The number of Topliss-reactive ketones (excluding diaryl/α,β-unsaturated/α-hetero) is 1. The monoisotopic (exact) mass is 885 g/mol. The molecule has 0 unspecified atom stereocenters. The molecular formula is C56H88N2O4S. The average molecular weight is 885 g/mol. The number of thiophene rings is 1. The van der Waals surface area contributed by atoms with Gasteiger partial charge in [-0.15, -0.1) is 11.3 Å². The topological polar surface area (TPSA) is 86.7 Å². The van der Waals surface area contributed by atoms with Crippen LogP contribution in [0.5, 0.6) is 0 Å². The first-order chi connectivity index (χ1) is 30.9. The number of aliphatic hydroxyl groups excluding tert-OH is 1. The van der Waals surface area contributed by atoms with E-state index in [1.54, 1.807) is 35.6 Å². The molecule has 63 heavy (non-hydrogen) atoms. The van der Waals surface area contributed by atoms with Crippen molar-refractivity contribution in [2.45, 2.75) is 226 Å². The van der Waals surface area contributed by atoms with Gasteiger partial charge in [0.15, 0.2) is 5.78 Å². The van der Waals surface area contributed by atoms with Gasteiger partial charge in [-0.3, -0.25) is 14.4 Å². The van der Waals surface area contributed by atoms with Crippen molar-refractivity contribution >= 4 is 39.9 Å². The molecule has 0 saturated carbocycles. The van der Waals surface area contributed by atoms with Gasteiger partial charge in [0, 0.05) is 30.5 Å². The third kappa shape index (κ3) is 23.3.